The molecule has 5 N–H and O–H groups in total. The van der Waals surface area contributed by atoms with E-state index in [-0.39, 0.29) is 41.8 Å². The molecule has 0 bridgehead atoms. The van der Waals surface area contributed by atoms with Gasteiger partial charge in [0.2, 0.25) is 17.7 Å². The maximum absolute atomic E-state index is 14.6. The lowest BCUT2D eigenvalue weighted by Gasteiger charge is -2.39. The zero-order chi connectivity index (χ0) is 37.3. The number of nitrogens with one attached hydrogen (secondary N) is 4. The lowest BCUT2D eigenvalue weighted by molar-refractivity contribution is -0.146. The Kier molecular flexibility index (Phi) is 14.1. The number of hydrogen-bond acceptors (Lipinski definition) is 8. The van der Waals surface area contributed by atoms with E-state index in [0.29, 0.717) is 19.4 Å². The summed E-state index contributed by atoms with van der Waals surface area (Å²) in [6.45, 7) is 13.7. The number of nitrogens with zero attached hydrogens (tertiary/aromatic N) is 3. The molecule has 1 aromatic heterocycles. The highest BCUT2D eigenvalue weighted by molar-refractivity contribution is 5.98. The standard InChI is InChI=1S/C38H59N7O6/c1-7-17-41-36(50)31(46)27(21-24-12-11-13-24)42-35(49)30-26(23(2)3)16-20-45(30)37(51)32(38(4,5)6)44-34(48)29(25-14-9-8-10-15-25)43-33(47)28-22-39-18-19-40-28/h7,18-19,22-27,29-32,46H,1,8-17,20-21H2,2-6H3,(H,41,50)(H,42,49)(H,43,47)(H,44,48)/t26?,27?,29-,30-,31?,32+/m0/s1. The van der Waals surface area contributed by atoms with Gasteiger partial charge in [-0.2, -0.15) is 0 Å². The first-order valence-corrected chi connectivity index (χ1v) is 18.8. The molecule has 1 aliphatic heterocycles. The van der Waals surface area contributed by atoms with Crippen molar-refractivity contribution in [2.45, 2.75) is 129 Å². The number of aliphatic hydroxyl groups excluding tert-OH is 1. The van der Waals surface area contributed by atoms with Crippen molar-refractivity contribution in [3.05, 3.63) is 36.9 Å². The van der Waals surface area contributed by atoms with Gasteiger partial charge in [0.25, 0.3) is 11.8 Å². The summed E-state index contributed by atoms with van der Waals surface area (Å²) in [4.78, 5) is 78.7. The Morgan fingerprint density at radius 1 is 0.961 bits per heavy atom. The van der Waals surface area contributed by atoms with E-state index in [2.05, 4.69) is 37.8 Å². The van der Waals surface area contributed by atoms with Crippen LogP contribution in [0.3, 0.4) is 0 Å². The molecule has 13 heteroatoms. The summed E-state index contributed by atoms with van der Waals surface area (Å²) in [5.74, 6) is -2.32. The number of likely N-dealkylation sites (tertiary alicyclic amines) is 1. The van der Waals surface area contributed by atoms with E-state index in [0.717, 1.165) is 51.4 Å². The highest BCUT2D eigenvalue weighted by Crippen LogP contribution is 2.35. The molecule has 51 heavy (non-hydrogen) atoms. The van der Waals surface area contributed by atoms with Crippen LogP contribution in [0.15, 0.2) is 31.2 Å². The number of hydrogen-bond donors (Lipinski definition) is 5. The van der Waals surface area contributed by atoms with Crippen LogP contribution in [0.25, 0.3) is 0 Å². The number of rotatable bonds is 15. The molecular weight excluding hydrogens is 650 g/mol. The van der Waals surface area contributed by atoms with Gasteiger partial charge in [-0.15, -0.1) is 6.58 Å². The van der Waals surface area contributed by atoms with Gasteiger partial charge in [-0.1, -0.05) is 79.2 Å². The first-order valence-electron chi connectivity index (χ1n) is 18.8. The van der Waals surface area contributed by atoms with Crippen molar-refractivity contribution in [2.24, 2.45) is 29.1 Å². The molecule has 3 fully saturated rings. The summed E-state index contributed by atoms with van der Waals surface area (Å²) in [6.07, 6.45) is 12.8. The topological polar surface area (TPSA) is 183 Å². The van der Waals surface area contributed by atoms with Crippen molar-refractivity contribution in [3.63, 3.8) is 0 Å². The number of carbonyl (C=O) groups excluding carboxylic acids is 5. The van der Waals surface area contributed by atoms with Crippen LogP contribution in [-0.4, -0.2) is 92.9 Å². The van der Waals surface area contributed by atoms with Crippen molar-refractivity contribution in [1.82, 2.24) is 36.1 Å². The third-order valence-corrected chi connectivity index (χ3v) is 10.9. The normalized spacial score (nSPS) is 22.2. The van der Waals surface area contributed by atoms with Crippen molar-refractivity contribution in [1.29, 1.82) is 0 Å². The number of aliphatic hydroxyl groups is 1. The highest BCUT2D eigenvalue weighted by atomic mass is 16.3. The minimum absolute atomic E-state index is 0.0547. The Balaban J connectivity index is 1.58. The van der Waals surface area contributed by atoms with Gasteiger partial charge in [-0.3, -0.25) is 29.0 Å². The van der Waals surface area contributed by atoms with Crippen LogP contribution in [0.1, 0.15) is 109 Å². The Hall–Kier alpha value is -3.87. The molecule has 282 valence electrons. The monoisotopic (exact) mass is 709 g/mol. The van der Waals surface area contributed by atoms with Crippen LogP contribution in [-0.2, 0) is 19.2 Å². The molecular formula is C38H59N7O6. The third kappa shape index (κ3) is 10.4. The number of aromatic nitrogens is 2. The van der Waals surface area contributed by atoms with Gasteiger partial charge in [0.1, 0.15) is 23.8 Å². The fraction of sp³-hybridized carbons (Fsp3) is 0.711. The molecule has 2 saturated carbocycles. The molecule has 0 aromatic carbocycles. The van der Waals surface area contributed by atoms with E-state index >= 15 is 0 Å². The highest BCUT2D eigenvalue weighted by Gasteiger charge is 2.48. The summed E-state index contributed by atoms with van der Waals surface area (Å²) >= 11 is 0. The summed E-state index contributed by atoms with van der Waals surface area (Å²) in [6, 6.07) is -3.59. The van der Waals surface area contributed by atoms with E-state index in [1.165, 1.54) is 24.7 Å². The molecule has 5 amide bonds. The number of amides is 5. The smallest absolute Gasteiger partial charge is 0.272 e. The molecule has 4 rings (SSSR count). The summed E-state index contributed by atoms with van der Waals surface area (Å²) in [5, 5.41) is 22.6. The molecule has 3 unspecified atom stereocenters. The van der Waals surface area contributed by atoms with E-state index in [9.17, 15) is 29.1 Å². The second-order valence-corrected chi connectivity index (χ2v) is 16.0. The Morgan fingerprint density at radius 2 is 1.67 bits per heavy atom. The van der Waals surface area contributed by atoms with Crippen LogP contribution in [0.4, 0.5) is 0 Å². The first-order chi connectivity index (χ1) is 24.2. The van der Waals surface area contributed by atoms with Crippen molar-refractivity contribution in [3.8, 4) is 0 Å². The van der Waals surface area contributed by atoms with E-state index in [4.69, 9.17) is 0 Å². The van der Waals surface area contributed by atoms with Crippen LogP contribution in [0.5, 0.6) is 0 Å². The zero-order valence-corrected chi connectivity index (χ0v) is 31.0. The van der Waals surface area contributed by atoms with Crippen LogP contribution in [0, 0.1) is 29.1 Å². The second kappa shape index (κ2) is 18.1. The second-order valence-electron chi connectivity index (χ2n) is 16.0. The summed E-state index contributed by atoms with van der Waals surface area (Å²) in [7, 11) is 0. The average Bonchev–Trinajstić information content (AvgIpc) is 3.55. The van der Waals surface area contributed by atoms with Crippen molar-refractivity contribution in [2.75, 3.05) is 13.1 Å². The summed E-state index contributed by atoms with van der Waals surface area (Å²) in [5.41, 5.74) is -0.652. The molecule has 6 atom stereocenters. The van der Waals surface area contributed by atoms with Crippen molar-refractivity contribution >= 4 is 29.5 Å². The fourth-order valence-electron chi connectivity index (χ4n) is 7.72. The first kappa shape index (κ1) is 39.9. The molecule has 0 radical (unpaired) electrons. The van der Waals surface area contributed by atoms with Crippen molar-refractivity contribution < 1.29 is 29.1 Å². The van der Waals surface area contributed by atoms with Gasteiger partial charge in [0, 0.05) is 25.5 Å². The van der Waals surface area contributed by atoms with Gasteiger partial charge in [-0.05, 0) is 54.8 Å². The van der Waals surface area contributed by atoms with Gasteiger partial charge >= 0.3 is 0 Å². The lowest BCUT2D eigenvalue weighted by Crippen LogP contribution is -2.62. The largest absolute Gasteiger partial charge is 0.381 e. The maximum Gasteiger partial charge on any atom is 0.272 e. The van der Waals surface area contributed by atoms with Gasteiger partial charge < -0.3 is 31.3 Å². The van der Waals surface area contributed by atoms with Crippen LogP contribution < -0.4 is 21.3 Å². The van der Waals surface area contributed by atoms with E-state index < -0.39 is 59.3 Å². The zero-order valence-electron chi connectivity index (χ0n) is 31.0. The minimum atomic E-state index is -1.46. The fourth-order valence-corrected chi connectivity index (χ4v) is 7.72. The minimum Gasteiger partial charge on any atom is -0.381 e. The Labute approximate surface area is 302 Å². The molecule has 2 heterocycles. The SMILES string of the molecule is C=CCNC(=O)C(O)C(CC1CCC1)NC(=O)[C@@H]1C(C(C)C)CCN1C(=O)[C@@H](NC(=O)[C@@H](NC(=O)c1cnccn1)C1CCCCC1)C(C)(C)C. The quantitative estimate of drug-likeness (QED) is 0.172. The Morgan fingerprint density at radius 3 is 2.24 bits per heavy atom. The van der Waals surface area contributed by atoms with Gasteiger partial charge in [-0.25, -0.2) is 4.98 Å². The molecule has 1 saturated heterocycles. The van der Waals surface area contributed by atoms with Crippen LogP contribution >= 0.6 is 0 Å². The number of carbonyl (C=O) groups is 5. The Bertz CT molecular complexity index is 1370. The lowest BCUT2D eigenvalue weighted by atomic mass is 9.79. The van der Waals surface area contributed by atoms with Gasteiger partial charge in [0.15, 0.2) is 6.10 Å². The molecule has 0 spiro atoms. The molecule has 2 aliphatic carbocycles. The van der Waals surface area contributed by atoms with Gasteiger partial charge in [0.05, 0.1) is 12.2 Å². The average molecular weight is 710 g/mol. The predicted molar refractivity (Wildman–Crippen MR) is 193 cm³/mol. The third-order valence-electron chi connectivity index (χ3n) is 10.9. The predicted octanol–water partition coefficient (Wildman–Crippen LogP) is 2.90. The maximum atomic E-state index is 14.6. The molecule has 13 nitrogen and oxygen atoms in total. The molecule has 1 aromatic rings. The van der Waals surface area contributed by atoms with E-state index in [1.54, 1.807) is 4.90 Å². The molecule has 3 aliphatic rings. The van der Waals surface area contributed by atoms with E-state index in [1.807, 2.05) is 34.6 Å². The van der Waals surface area contributed by atoms with Crippen LogP contribution in [0.2, 0.25) is 0 Å². The summed E-state index contributed by atoms with van der Waals surface area (Å²) < 4.78 is 0.